The Balaban J connectivity index is 1.26. The number of carbonyl (C=O) groups is 2. The number of amides is 3. The first-order valence-corrected chi connectivity index (χ1v) is 9.82. The standard InChI is InChI=1S/C19H28N6O2/c26-18(10-6-12-21-19(27)22-15-7-2-1-3-8-15)20-13-11-17-24-23-16-9-4-5-14-25(16)17/h4-5,9,14-15H,1-3,6-8,10-13H2,(H,20,26)(H2,21,22,27). The predicted molar refractivity (Wildman–Crippen MR) is 102 cm³/mol. The Morgan fingerprint density at radius 3 is 2.78 bits per heavy atom. The Hall–Kier alpha value is -2.64. The molecule has 1 aliphatic carbocycles. The smallest absolute Gasteiger partial charge is 0.315 e. The molecule has 0 unspecified atom stereocenters. The maximum atomic E-state index is 11.9. The van der Waals surface area contributed by atoms with Gasteiger partial charge in [0.2, 0.25) is 5.91 Å². The second-order valence-electron chi connectivity index (χ2n) is 6.98. The summed E-state index contributed by atoms with van der Waals surface area (Å²) in [6.07, 6.45) is 9.33. The molecule has 2 heterocycles. The lowest BCUT2D eigenvalue weighted by atomic mass is 9.96. The summed E-state index contributed by atoms with van der Waals surface area (Å²) >= 11 is 0. The van der Waals surface area contributed by atoms with E-state index >= 15 is 0 Å². The number of hydrogen-bond acceptors (Lipinski definition) is 4. The summed E-state index contributed by atoms with van der Waals surface area (Å²) in [5, 5.41) is 17.0. The molecule has 2 aromatic rings. The van der Waals surface area contributed by atoms with Crippen molar-refractivity contribution in [2.24, 2.45) is 0 Å². The van der Waals surface area contributed by atoms with Crippen molar-refractivity contribution in [2.75, 3.05) is 13.1 Å². The summed E-state index contributed by atoms with van der Waals surface area (Å²) in [6.45, 7) is 1.02. The van der Waals surface area contributed by atoms with E-state index in [4.69, 9.17) is 0 Å². The highest BCUT2D eigenvalue weighted by atomic mass is 16.2. The van der Waals surface area contributed by atoms with E-state index in [-0.39, 0.29) is 11.9 Å². The molecule has 27 heavy (non-hydrogen) atoms. The molecular formula is C19H28N6O2. The molecule has 3 amide bonds. The maximum absolute atomic E-state index is 11.9. The van der Waals surface area contributed by atoms with Crippen LogP contribution in [-0.2, 0) is 11.2 Å². The third-order valence-electron chi connectivity index (χ3n) is 4.86. The number of rotatable bonds is 8. The molecule has 3 rings (SSSR count). The number of nitrogens with zero attached hydrogens (tertiary/aromatic N) is 3. The average Bonchev–Trinajstić information content (AvgIpc) is 3.09. The summed E-state index contributed by atoms with van der Waals surface area (Å²) < 4.78 is 1.92. The van der Waals surface area contributed by atoms with Crippen LogP contribution in [0, 0.1) is 0 Å². The SMILES string of the molecule is O=C(CCCNC(=O)NC1CCCCC1)NCCc1nnc2ccccn12. The van der Waals surface area contributed by atoms with Gasteiger partial charge >= 0.3 is 6.03 Å². The van der Waals surface area contributed by atoms with Crippen LogP contribution in [0.3, 0.4) is 0 Å². The topological polar surface area (TPSA) is 100 Å². The molecule has 0 radical (unpaired) electrons. The zero-order valence-corrected chi connectivity index (χ0v) is 15.6. The Morgan fingerprint density at radius 2 is 1.93 bits per heavy atom. The summed E-state index contributed by atoms with van der Waals surface area (Å²) in [6, 6.07) is 5.91. The van der Waals surface area contributed by atoms with E-state index in [0.717, 1.165) is 24.3 Å². The van der Waals surface area contributed by atoms with Crippen molar-refractivity contribution in [1.82, 2.24) is 30.5 Å². The summed E-state index contributed by atoms with van der Waals surface area (Å²) in [5.74, 6) is 0.810. The normalized spacial score (nSPS) is 14.8. The highest BCUT2D eigenvalue weighted by Crippen LogP contribution is 2.17. The first-order chi connectivity index (χ1) is 13.2. The molecule has 0 aromatic carbocycles. The van der Waals surface area contributed by atoms with Gasteiger partial charge in [0, 0.05) is 38.2 Å². The van der Waals surface area contributed by atoms with Crippen molar-refractivity contribution in [1.29, 1.82) is 0 Å². The first kappa shape index (κ1) is 19.1. The van der Waals surface area contributed by atoms with Crippen LogP contribution < -0.4 is 16.0 Å². The number of nitrogens with one attached hydrogen (secondary N) is 3. The van der Waals surface area contributed by atoms with Crippen molar-refractivity contribution in [2.45, 2.75) is 57.4 Å². The molecule has 0 bridgehead atoms. The highest BCUT2D eigenvalue weighted by molar-refractivity contribution is 5.76. The lowest BCUT2D eigenvalue weighted by molar-refractivity contribution is -0.121. The number of urea groups is 1. The zero-order chi connectivity index (χ0) is 18.9. The van der Waals surface area contributed by atoms with E-state index in [0.29, 0.717) is 38.4 Å². The Kier molecular flexibility index (Phi) is 7.01. The molecular weight excluding hydrogens is 344 g/mol. The average molecular weight is 372 g/mol. The van der Waals surface area contributed by atoms with Crippen LogP contribution in [0.5, 0.6) is 0 Å². The van der Waals surface area contributed by atoms with E-state index in [2.05, 4.69) is 26.1 Å². The van der Waals surface area contributed by atoms with E-state index in [1.54, 1.807) is 0 Å². The molecule has 2 aromatic heterocycles. The van der Waals surface area contributed by atoms with Crippen LogP contribution in [0.2, 0.25) is 0 Å². The molecule has 1 fully saturated rings. The number of fused-ring (bicyclic) bond motifs is 1. The van der Waals surface area contributed by atoms with Crippen molar-refractivity contribution in [3.8, 4) is 0 Å². The molecule has 1 aliphatic rings. The van der Waals surface area contributed by atoms with Crippen molar-refractivity contribution in [3.05, 3.63) is 30.2 Å². The van der Waals surface area contributed by atoms with Gasteiger partial charge in [-0.05, 0) is 31.4 Å². The minimum Gasteiger partial charge on any atom is -0.356 e. The van der Waals surface area contributed by atoms with Crippen LogP contribution in [0.1, 0.15) is 50.8 Å². The molecule has 0 spiro atoms. The molecule has 0 atom stereocenters. The number of pyridine rings is 1. The van der Waals surface area contributed by atoms with E-state index in [1.165, 1.54) is 19.3 Å². The van der Waals surface area contributed by atoms with Gasteiger partial charge in [-0.2, -0.15) is 0 Å². The molecule has 1 saturated carbocycles. The number of aromatic nitrogens is 3. The molecule has 8 nitrogen and oxygen atoms in total. The van der Waals surface area contributed by atoms with E-state index in [9.17, 15) is 9.59 Å². The molecule has 0 aliphatic heterocycles. The summed E-state index contributed by atoms with van der Waals surface area (Å²) in [7, 11) is 0. The Bertz CT molecular complexity index is 753. The van der Waals surface area contributed by atoms with Crippen LogP contribution in [0.4, 0.5) is 4.79 Å². The Morgan fingerprint density at radius 1 is 1.07 bits per heavy atom. The van der Waals surface area contributed by atoms with E-state index in [1.807, 2.05) is 28.8 Å². The summed E-state index contributed by atoms with van der Waals surface area (Å²) in [4.78, 5) is 23.7. The molecule has 8 heteroatoms. The largest absolute Gasteiger partial charge is 0.356 e. The van der Waals surface area contributed by atoms with Crippen molar-refractivity contribution in [3.63, 3.8) is 0 Å². The van der Waals surface area contributed by atoms with Gasteiger partial charge in [0.25, 0.3) is 0 Å². The molecule has 146 valence electrons. The first-order valence-electron chi connectivity index (χ1n) is 9.82. The quantitative estimate of drug-likeness (QED) is 0.615. The predicted octanol–water partition coefficient (Wildman–Crippen LogP) is 1.80. The zero-order valence-electron chi connectivity index (χ0n) is 15.6. The van der Waals surface area contributed by atoms with Crippen molar-refractivity contribution >= 4 is 17.6 Å². The van der Waals surface area contributed by atoms with Gasteiger partial charge in [0.05, 0.1) is 0 Å². The monoisotopic (exact) mass is 372 g/mol. The highest BCUT2D eigenvalue weighted by Gasteiger charge is 2.15. The van der Waals surface area contributed by atoms with E-state index < -0.39 is 0 Å². The fourth-order valence-corrected chi connectivity index (χ4v) is 3.40. The van der Waals surface area contributed by atoms with Gasteiger partial charge < -0.3 is 16.0 Å². The van der Waals surface area contributed by atoms with Gasteiger partial charge in [-0.25, -0.2) is 4.79 Å². The van der Waals surface area contributed by atoms with Crippen LogP contribution >= 0.6 is 0 Å². The van der Waals surface area contributed by atoms with Gasteiger partial charge in [0.15, 0.2) is 5.65 Å². The third kappa shape index (κ3) is 5.94. The minimum atomic E-state index is -0.124. The lowest BCUT2D eigenvalue weighted by Crippen LogP contribution is -2.43. The van der Waals surface area contributed by atoms with Crippen LogP contribution in [0.25, 0.3) is 5.65 Å². The third-order valence-corrected chi connectivity index (χ3v) is 4.86. The second-order valence-corrected chi connectivity index (χ2v) is 6.98. The van der Waals surface area contributed by atoms with Crippen LogP contribution in [-0.4, -0.2) is 45.7 Å². The fraction of sp³-hybridized carbons (Fsp3) is 0.579. The lowest BCUT2D eigenvalue weighted by Gasteiger charge is -2.22. The fourth-order valence-electron chi connectivity index (χ4n) is 3.40. The van der Waals surface area contributed by atoms with Crippen molar-refractivity contribution < 1.29 is 9.59 Å². The number of carbonyl (C=O) groups excluding carboxylic acids is 2. The summed E-state index contributed by atoms with van der Waals surface area (Å²) in [5.41, 5.74) is 0.802. The second kappa shape index (κ2) is 9.89. The van der Waals surface area contributed by atoms with Crippen LogP contribution in [0.15, 0.2) is 24.4 Å². The van der Waals surface area contributed by atoms with Gasteiger partial charge in [0.1, 0.15) is 5.82 Å². The maximum Gasteiger partial charge on any atom is 0.315 e. The minimum absolute atomic E-state index is 0.0155. The molecule has 0 saturated heterocycles. The van der Waals surface area contributed by atoms with Gasteiger partial charge in [-0.15, -0.1) is 10.2 Å². The van der Waals surface area contributed by atoms with Gasteiger partial charge in [-0.3, -0.25) is 9.20 Å². The Labute approximate surface area is 159 Å². The molecule has 3 N–H and O–H groups in total. The number of hydrogen-bond donors (Lipinski definition) is 3. The van der Waals surface area contributed by atoms with Gasteiger partial charge in [-0.1, -0.05) is 25.3 Å².